The van der Waals surface area contributed by atoms with Gasteiger partial charge in [0, 0.05) is 24.8 Å². The monoisotopic (exact) mass is 266 g/mol. The predicted octanol–water partition coefficient (Wildman–Crippen LogP) is 1.32. The maximum Gasteiger partial charge on any atom is 0.239 e. The van der Waals surface area contributed by atoms with Gasteiger partial charge in [-0.15, -0.1) is 0 Å². The van der Waals surface area contributed by atoms with Gasteiger partial charge >= 0.3 is 0 Å². The van der Waals surface area contributed by atoms with Crippen LogP contribution in [0.3, 0.4) is 0 Å². The van der Waals surface area contributed by atoms with Gasteiger partial charge in [0.2, 0.25) is 5.91 Å². The molecule has 1 atom stereocenters. The van der Waals surface area contributed by atoms with Crippen molar-refractivity contribution in [3.05, 3.63) is 23.8 Å². The maximum absolute atomic E-state index is 11.6. The lowest BCUT2D eigenvalue weighted by Gasteiger charge is -2.24. The summed E-state index contributed by atoms with van der Waals surface area (Å²) < 4.78 is 5.26. The summed E-state index contributed by atoms with van der Waals surface area (Å²) in [5.41, 5.74) is 1.48. The summed E-state index contributed by atoms with van der Waals surface area (Å²) in [6.45, 7) is 4.40. The fraction of sp³-hybridized carbons (Fsp3) is 0.500. The molecule has 0 saturated heterocycles. The van der Waals surface area contributed by atoms with E-state index in [1.165, 1.54) is 0 Å². The summed E-state index contributed by atoms with van der Waals surface area (Å²) in [4.78, 5) is 13.4. The highest BCUT2D eigenvalue weighted by Gasteiger charge is 2.17. The first-order valence-corrected chi connectivity index (χ1v) is 6.34. The van der Waals surface area contributed by atoms with Crippen LogP contribution < -0.4 is 15.0 Å². The van der Waals surface area contributed by atoms with Crippen molar-refractivity contribution >= 4 is 11.6 Å². The number of nitrogens with zero attached hydrogens (tertiary/aromatic N) is 1. The van der Waals surface area contributed by atoms with Crippen molar-refractivity contribution in [1.29, 1.82) is 0 Å². The number of hydrogen-bond donors (Lipinski definition) is 2. The fourth-order valence-electron chi connectivity index (χ4n) is 2.02. The minimum absolute atomic E-state index is 0.0515. The van der Waals surface area contributed by atoms with Gasteiger partial charge in [0.05, 0.1) is 19.8 Å². The minimum Gasteiger partial charge on any atom is -0.496 e. The van der Waals surface area contributed by atoms with Crippen LogP contribution in [0.15, 0.2) is 18.2 Å². The first kappa shape index (κ1) is 15.3. The predicted molar refractivity (Wildman–Crippen MR) is 75.6 cm³/mol. The molecule has 1 rings (SSSR count). The van der Waals surface area contributed by atoms with E-state index in [2.05, 4.69) is 5.32 Å². The van der Waals surface area contributed by atoms with Gasteiger partial charge < -0.3 is 20.1 Å². The van der Waals surface area contributed by atoms with Crippen LogP contribution in [0.2, 0.25) is 0 Å². The number of anilines is 1. The molecule has 0 bridgehead atoms. The van der Waals surface area contributed by atoms with Crippen LogP contribution in [0, 0.1) is 0 Å². The second-order valence-corrected chi connectivity index (χ2v) is 4.38. The molecule has 0 aliphatic heterocycles. The summed E-state index contributed by atoms with van der Waals surface area (Å²) in [6.07, 6.45) is -0.664. The van der Waals surface area contributed by atoms with Gasteiger partial charge in [0.15, 0.2) is 0 Å². The van der Waals surface area contributed by atoms with Crippen LogP contribution in [-0.4, -0.2) is 38.3 Å². The van der Waals surface area contributed by atoms with Gasteiger partial charge in [0.25, 0.3) is 0 Å². The Hall–Kier alpha value is -1.75. The van der Waals surface area contributed by atoms with Crippen molar-refractivity contribution in [2.24, 2.45) is 0 Å². The number of rotatable bonds is 6. The second-order valence-electron chi connectivity index (χ2n) is 4.38. The van der Waals surface area contributed by atoms with E-state index in [0.717, 1.165) is 5.69 Å². The van der Waals surface area contributed by atoms with Crippen LogP contribution in [-0.2, 0) is 4.79 Å². The number of aliphatic hydroxyl groups excluding tert-OH is 1. The number of aliphatic hydroxyl groups is 1. The van der Waals surface area contributed by atoms with Crippen LogP contribution in [0.5, 0.6) is 5.75 Å². The van der Waals surface area contributed by atoms with Gasteiger partial charge in [-0.3, -0.25) is 4.79 Å². The molecule has 106 valence electrons. The molecule has 0 unspecified atom stereocenters. The standard InChI is InChI=1S/C14H22N2O3/c1-5-15-13(18)9-16(3)11-7-6-8-12(19-4)14(11)10(2)17/h6-8,10,17H,5,9H2,1-4H3,(H,15,18)/t10-/m1/s1. The highest BCUT2D eigenvalue weighted by Crippen LogP contribution is 2.33. The maximum atomic E-state index is 11.6. The first-order valence-electron chi connectivity index (χ1n) is 6.34. The molecule has 5 heteroatoms. The van der Waals surface area contributed by atoms with Gasteiger partial charge in [-0.05, 0) is 26.0 Å². The number of methoxy groups -OCH3 is 1. The van der Waals surface area contributed by atoms with Crippen molar-refractivity contribution in [3.8, 4) is 5.75 Å². The molecule has 1 aromatic carbocycles. The third-order valence-corrected chi connectivity index (χ3v) is 2.85. The number of likely N-dealkylation sites (N-methyl/N-ethyl adjacent to an activating group) is 2. The van der Waals surface area contributed by atoms with E-state index >= 15 is 0 Å². The topological polar surface area (TPSA) is 61.8 Å². The van der Waals surface area contributed by atoms with Crippen molar-refractivity contribution in [2.45, 2.75) is 20.0 Å². The molecule has 0 aliphatic carbocycles. The normalized spacial score (nSPS) is 11.8. The Morgan fingerprint density at radius 3 is 2.74 bits per heavy atom. The van der Waals surface area contributed by atoms with E-state index in [1.807, 2.05) is 26.1 Å². The molecule has 19 heavy (non-hydrogen) atoms. The molecule has 0 radical (unpaired) electrons. The van der Waals surface area contributed by atoms with Gasteiger partial charge in [-0.2, -0.15) is 0 Å². The van der Waals surface area contributed by atoms with E-state index in [9.17, 15) is 9.90 Å². The van der Waals surface area contributed by atoms with Crippen LogP contribution in [0.25, 0.3) is 0 Å². The van der Waals surface area contributed by atoms with Gasteiger partial charge in [-0.1, -0.05) is 6.07 Å². The van der Waals surface area contributed by atoms with Crippen molar-refractivity contribution in [2.75, 3.05) is 32.1 Å². The SMILES string of the molecule is CCNC(=O)CN(C)c1cccc(OC)c1[C@@H](C)O. The number of amides is 1. The number of carbonyl (C=O) groups excluding carboxylic acids is 1. The molecule has 0 spiro atoms. The molecule has 2 N–H and O–H groups in total. The number of ether oxygens (including phenoxy) is 1. The Bertz CT molecular complexity index is 433. The Balaban J connectivity index is 3.02. The third-order valence-electron chi connectivity index (χ3n) is 2.85. The zero-order valence-corrected chi connectivity index (χ0v) is 11.9. The molecule has 0 saturated carbocycles. The molecule has 1 amide bonds. The lowest BCUT2D eigenvalue weighted by molar-refractivity contribution is -0.119. The highest BCUT2D eigenvalue weighted by atomic mass is 16.5. The van der Waals surface area contributed by atoms with Gasteiger partial charge in [-0.25, -0.2) is 0 Å². The minimum atomic E-state index is -0.664. The zero-order valence-electron chi connectivity index (χ0n) is 11.9. The Morgan fingerprint density at radius 2 is 2.21 bits per heavy atom. The largest absolute Gasteiger partial charge is 0.496 e. The van der Waals surface area contributed by atoms with E-state index in [4.69, 9.17) is 4.74 Å². The molecular weight excluding hydrogens is 244 g/mol. The van der Waals surface area contributed by atoms with Crippen LogP contribution >= 0.6 is 0 Å². The molecule has 1 aromatic rings. The van der Waals surface area contributed by atoms with Crippen LogP contribution in [0.4, 0.5) is 5.69 Å². The van der Waals surface area contributed by atoms with E-state index in [-0.39, 0.29) is 12.5 Å². The molecule has 5 nitrogen and oxygen atoms in total. The number of benzene rings is 1. The number of carbonyl (C=O) groups is 1. The van der Waals surface area contributed by atoms with Crippen molar-refractivity contribution in [1.82, 2.24) is 5.32 Å². The molecular formula is C14H22N2O3. The average Bonchev–Trinajstić information content (AvgIpc) is 2.37. The van der Waals surface area contributed by atoms with E-state index in [0.29, 0.717) is 17.9 Å². The number of nitrogens with one attached hydrogen (secondary N) is 1. The summed E-state index contributed by atoms with van der Waals surface area (Å²) in [7, 11) is 3.38. The molecule has 0 fully saturated rings. The molecule has 0 aliphatic rings. The van der Waals surface area contributed by atoms with E-state index < -0.39 is 6.10 Å². The third kappa shape index (κ3) is 3.86. The van der Waals surface area contributed by atoms with E-state index in [1.54, 1.807) is 25.0 Å². The highest BCUT2D eigenvalue weighted by molar-refractivity contribution is 5.81. The lowest BCUT2D eigenvalue weighted by atomic mass is 10.1. The van der Waals surface area contributed by atoms with Gasteiger partial charge in [0.1, 0.15) is 5.75 Å². The Labute approximate surface area is 114 Å². The van der Waals surface area contributed by atoms with Crippen molar-refractivity contribution in [3.63, 3.8) is 0 Å². The van der Waals surface area contributed by atoms with Crippen LogP contribution in [0.1, 0.15) is 25.5 Å². The Morgan fingerprint density at radius 1 is 1.53 bits per heavy atom. The molecule has 0 aromatic heterocycles. The zero-order chi connectivity index (χ0) is 14.4. The quantitative estimate of drug-likeness (QED) is 0.815. The summed E-state index contributed by atoms with van der Waals surface area (Å²) in [5.74, 6) is 0.569. The lowest BCUT2D eigenvalue weighted by Crippen LogP contribution is -2.35. The van der Waals surface area contributed by atoms with Crippen molar-refractivity contribution < 1.29 is 14.6 Å². The molecule has 0 heterocycles. The first-order chi connectivity index (χ1) is 9.01. The summed E-state index contributed by atoms with van der Waals surface area (Å²) >= 11 is 0. The summed E-state index contributed by atoms with van der Waals surface area (Å²) in [5, 5.41) is 12.6. The second kappa shape index (κ2) is 6.99. The Kier molecular flexibility index (Phi) is 5.63. The number of hydrogen-bond acceptors (Lipinski definition) is 4. The smallest absolute Gasteiger partial charge is 0.239 e. The summed E-state index contributed by atoms with van der Waals surface area (Å²) in [6, 6.07) is 5.50. The average molecular weight is 266 g/mol. The fourth-order valence-corrected chi connectivity index (χ4v) is 2.02.